The fraction of sp³-hybridized carbons (Fsp3) is 0.429. The van der Waals surface area contributed by atoms with Crippen molar-refractivity contribution in [3.05, 3.63) is 55.2 Å². The summed E-state index contributed by atoms with van der Waals surface area (Å²) in [5, 5.41) is 10.5. The lowest BCUT2D eigenvalue weighted by molar-refractivity contribution is 0.0471. The number of benzene rings is 1. The second-order valence-electron chi connectivity index (χ2n) is 7.78. The molecule has 0 spiro atoms. The van der Waals surface area contributed by atoms with Crippen LogP contribution in [-0.4, -0.2) is 32.6 Å². The highest BCUT2D eigenvalue weighted by Crippen LogP contribution is 2.33. The Morgan fingerprint density at radius 2 is 1.67 bits per heavy atom. The summed E-state index contributed by atoms with van der Waals surface area (Å²) in [5.41, 5.74) is 5.14. The van der Waals surface area contributed by atoms with Crippen LogP contribution in [0.1, 0.15) is 71.4 Å². The third kappa shape index (κ3) is 4.14. The van der Waals surface area contributed by atoms with Gasteiger partial charge in [-0.15, -0.1) is 0 Å². The Hall–Kier alpha value is -3.36. The van der Waals surface area contributed by atoms with Crippen LogP contribution in [0.2, 0.25) is 0 Å². The molecular weight excluding hydrogens is 390 g/mol. The highest BCUT2D eigenvalue weighted by molar-refractivity contribution is 6.02. The van der Waals surface area contributed by atoms with Crippen LogP contribution in [-0.2, 0) is 18.8 Å². The van der Waals surface area contributed by atoms with Gasteiger partial charge in [-0.2, -0.15) is 0 Å². The molecule has 0 saturated heterocycles. The summed E-state index contributed by atoms with van der Waals surface area (Å²) in [6.45, 7) is 6.91. The summed E-state index contributed by atoms with van der Waals surface area (Å²) >= 11 is 0. The molecule has 3 N–H and O–H groups in total. The number of carbonyl (C=O) groups excluding carboxylic acids is 2. The third-order valence-corrected chi connectivity index (χ3v) is 4.99. The largest absolute Gasteiger partial charge is 0.507 e. The number of nitrogen functional groups attached to an aromatic ring is 1. The van der Waals surface area contributed by atoms with Crippen molar-refractivity contribution in [1.29, 1.82) is 0 Å². The van der Waals surface area contributed by atoms with Crippen LogP contribution in [0.5, 0.6) is 5.75 Å². The lowest BCUT2D eigenvalue weighted by Gasteiger charge is -2.16. The predicted molar refractivity (Wildman–Crippen MR) is 112 cm³/mol. The smallest absolute Gasteiger partial charge is 0.342 e. The lowest BCUT2D eigenvalue weighted by atomic mass is 9.92. The molecular formula is C21H27N3O6. The number of aromatic nitrogens is 2. The average molecular weight is 417 g/mol. The van der Waals surface area contributed by atoms with E-state index >= 15 is 0 Å². The van der Waals surface area contributed by atoms with Gasteiger partial charge < -0.3 is 15.6 Å². The molecule has 0 aliphatic rings. The summed E-state index contributed by atoms with van der Waals surface area (Å²) in [5.74, 6) is -2.19. The minimum atomic E-state index is -0.898. The Morgan fingerprint density at radius 1 is 1.07 bits per heavy atom. The van der Waals surface area contributed by atoms with Gasteiger partial charge in [0, 0.05) is 14.1 Å². The molecule has 0 fully saturated rings. The Balaban J connectivity index is 2.36. The normalized spacial score (nSPS) is 11.2. The standard InChI is InChI=1S/C21H27N3O6/c1-10(2)12-7-13(11(3)4)17(26)14(8-12)20(28)30-9-15(25)16-18(22)23(5)21(29)24(6)19(16)27/h7-8,10-11,26H,9,22H2,1-6H3. The molecule has 30 heavy (non-hydrogen) atoms. The molecule has 1 heterocycles. The molecule has 9 nitrogen and oxygen atoms in total. The van der Waals surface area contributed by atoms with Gasteiger partial charge in [0.25, 0.3) is 5.56 Å². The van der Waals surface area contributed by atoms with Crippen LogP contribution in [0.15, 0.2) is 21.7 Å². The third-order valence-electron chi connectivity index (χ3n) is 4.99. The predicted octanol–water partition coefficient (Wildman–Crippen LogP) is 1.66. The monoisotopic (exact) mass is 417 g/mol. The van der Waals surface area contributed by atoms with E-state index in [1.807, 2.05) is 33.8 Å². The zero-order chi connectivity index (χ0) is 22.9. The van der Waals surface area contributed by atoms with Crippen molar-refractivity contribution < 1.29 is 19.4 Å². The highest BCUT2D eigenvalue weighted by Gasteiger charge is 2.24. The van der Waals surface area contributed by atoms with Gasteiger partial charge >= 0.3 is 11.7 Å². The van der Waals surface area contributed by atoms with E-state index in [9.17, 15) is 24.3 Å². The summed E-state index contributed by atoms with van der Waals surface area (Å²) in [4.78, 5) is 49.3. The molecule has 0 amide bonds. The van der Waals surface area contributed by atoms with Crippen LogP contribution in [0.25, 0.3) is 0 Å². The minimum absolute atomic E-state index is 0.0368. The number of ketones is 1. The number of ether oxygens (including phenoxy) is 1. The van der Waals surface area contributed by atoms with Gasteiger partial charge in [0.1, 0.15) is 22.7 Å². The summed E-state index contributed by atoms with van der Waals surface area (Å²) in [6.07, 6.45) is 0. The van der Waals surface area contributed by atoms with Crippen molar-refractivity contribution in [2.75, 3.05) is 12.3 Å². The number of aromatic hydroxyl groups is 1. The number of nitrogens with two attached hydrogens (primary N) is 1. The molecule has 1 aromatic carbocycles. The van der Waals surface area contributed by atoms with E-state index < -0.39 is 35.2 Å². The zero-order valence-electron chi connectivity index (χ0n) is 18.0. The van der Waals surface area contributed by atoms with Crippen LogP contribution in [0, 0.1) is 0 Å². The van der Waals surface area contributed by atoms with E-state index in [2.05, 4.69) is 0 Å². The number of phenolic OH excluding ortho intramolecular Hbond substituents is 1. The number of nitrogens with zero attached hydrogens (tertiary/aromatic N) is 2. The van der Waals surface area contributed by atoms with Gasteiger partial charge in [-0.3, -0.25) is 18.7 Å². The topological polar surface area (TPSA) is 134 Å². The first-order chi connectivity index (χ1) is 13.9. The number of hydrogen-bond donors (Lipinski definition) is 2. The van der Waals surface area contributed by atoms with Crippen LogP contribution < -0.4 is 17.0 Å². The molecule has 162 valence electrons. The van der Waals surface area contributed by atoms with E-state index in [0.717, 1.165) is 14.7 Å². The van der Waals surface area contributed by atoms with Crippen LogP contribution >= 0.6 is 0 Å². The van der Waals surface area contributed by atoms with E-state index in [-0.39, 0.29) is 29.0 Å². The van der Waals surface area contributed by atoms with Gasteiger partial charge in [0.2, 0.25) is 5.78 Å². The number of rotatable bonds is 6. The molecule has 0 aliphatic carbocycles. The van der Waals surface area contributed by atoms with Gasteiger partial charge in [-0.1, -0.05) is 33.8 Å². The van der Waals surface area contributed by atoms with Gasteiger partial charge in [-0.05, 0) is 29.0 Å². The number of esters is 1. The molecule has 0 radical (unpaired) electrons. The Labute approximate surface area is 173 Å². The number of hydrogen-bond acceptors (Lipinski definition) is 7. The Bertz CT molecular complexity index is 1130. The summed E-state index contributed by atoms with van der Waals surface area (Å²) < 4.78 is 6.78. The SMILES string of the molecule is CC(C)c1cc(C(=O)OCC(=O)c2c(N)n(C)c(=O)n(C)c2=O)c(O)c(C(C)C)c1. The van der Waals surface area contributed by atoms with Crippen molar-refractivity contribution in [3.63, 3.8) is 0 Å². The van der Waals surface area contributed by atoms with Crippen molar-refractivity contribution in [2.24, 2.45) is 14.1 Å². The minimum Gasteiger partial charge on any atom is -0.507 e. The van der Waals surface area contributed by atoms with E-state index in [1.165, 1.54) is 20.2 Å². The number of carbonyl (C=O) groups is 2. The Kier molecular flexibility index (Phi) is 6.54. The van der Waals surface area contributed by atoms with E-state index in [1.54, 1.807) is 0 Å². The van der Waals surface area contributed by atoms with Crippen LogP contribution in [0.3, 0.4) is 0 Å². The summed E-state index contributed by atoms with van der Waals surface area (Å²) in [7, 11) is 2.54. The van der Waals surface area contributed by atoms with Gasteiger partial charge in [0.15, 0.2) is 6.61 Å². The lowest BCUT2D eigenvalue weighted by Crippen LogP contribution is -2.42. The molecule has 9 heteroatoms. The zero-order valence-corrected chi connectivity index (χ0v) is 18.0. The first kappa shape index (κ1) is 22.9. The Morgan fingerprint density at radius 3 is 2.20 bits per heavy atom. The molecule has 0 saturated carbocycles. The molecule has 0 bridgehead atoms. The molecule has 0 aliphatic heterocycles. The first-order valence-corrected chi connectivity index (χ1v) is 9.51. The quantitative estimate of drug-likeness (QED) is 0.539. The molecule has 1 aromatic heterocycles. The fourth-order valence-corrected chi connectivity index (χ4v) is 3.01. The molecule has 2 rings (SSSR count). The number of phenols is 1. The first-order valence-electron chi connectivity index (χ1n) is 9.51. The second-order valence-corrected chi connectivity index (χ2v) is 7.78. The summed E-state index contributed by atoms with van der Waals surface area (Å²) in [6, 6.07) is 3.36. The van der Waals surface area contributed by atoms with Crippen molar-refractivity contribution in [1.82, 2.24) is 9.13 Å². The maximum Gasteiger partial charge on any atom is 0.342 e. The van der Waals surface area contributed by atoms with E-state index in [0.29, 0.717) is 5.56 Å². The van der Waals surface area contributed by atoms with Gasteiger partial charge in [-0.25, -0.2) is 9.59 Å². The van der Waals surface area contributed by atoms with Crippen molar-refractivity contribution in [2.45, 2.75) is 39.5 Å². The second kappa shape index (κ2) is 8.56. The van der Waals surface area contributed by atoms with Crippen molar-refractivity contribution in [3.8, 4) is 5.75 Å². The molecule has 0 unspecified atom stereocenters. The number of Topliss-reactive ketones (excluding diaryl/α,β-unsaturated/α-hetero) is 1. The van der Waals surface area contributed by atoms with Crippen molar-refractivity contribution >= 4 is 17.6 Å². The molecule has 2 aromatic rings. The number of anilines is 1. The maximum absolute atomic E-state index is 12.6. The van der Waals surface area contributed by atoms with Crippen LogP contribution in [0.4, 0.5) is 5.82 Å². The fourth-order valence-electron chi connectivity index (χ4n) is 3.01. The maximum atomic E-state index is 12.6. The molecule has 0 atom stereocenters. The van der Waals surface area contributed by atoms with Gasteiger partial charge in [0.05, 0.1) is 0 Å². The average Bonchev–Trinajstić information content (AvgIpc) is 2.68. The highest BCUT2D eigenvalue weighted by atomic mass is 16.5. The van der Waals surface area contributed by atoms with E-state index in [4.69, 9.17) is 10.5 Å².